The molecule has 0 aromatic heterocycles. The number of likely N-dealkylation sites (tertiary alicyclic amines) is 1. The van der Waals surface area contributed by atoms with Crippen LogP contribution in [0.15, 0.2) is 18.2 Å². The second-order valence-electron chi connectivity index (χ2n) is 10.1. The molecular formula is C22H33BFNO4. The van der Waals surface area contributed by atoms with Gasteiger partial charge in [0.15, 0.2) is 0 Å². The molecule has 0 radical (unpaired) electrons. The molecule has 160 valence electrons. The fourth-order valence-corrected chi connectivity index (χ4v) is 3.81. The van der Waals surface area contributed by atoms with E-state index >= 15 is 0 Å². The van der Waals surface area contributed by atoms with E-state index in [1.54, 1.807) is 17.0 Å². The third-order valence-corrected chi connectivity index (χ3v) is 6.07. The van der Waals surface area contributed by atoms with Gasteiger partial charge in [-0.15, -0.1) is 0 Å². The molecule has 2 aliphatic heterocycles. The summed E-state index contributed by atoms with van der Waals surface area (Å²) in [4.78, 5) is 14.3. The molecule has 2 saturated heterocycles. The van der Waals surface area contributed by atoms with Crippen molar-refractivity contribution in [2.24, 2.45) is 0 Å². The van der Waals surface area contributed by atoms with E-state index in [1.165, 1.54) is 6.07 Å². The van der Waals surface area contributed by atoms with Gasteiger partial charge in [-0.3, -0.25) is 0 Å². The average molecular weight is 405 g/mol. The van der Waals surface area contributed by atoms with Crippen molar-refractivity contribution in [2.45, 2.75) is 84.0 Å². The van der Waals surface area contributed by atoms with Gasteiger partial charge in [-0.1, -0.05) is 6.07 Å². The maximum absolute atomic E-state index is 14.2. The Bertz CT molecular complexity index is 759. The van der Waals surface area contributed by atoms with Crippen LogP contribution in [0.25, 0.3) is 0 Å². The number of carbonyl (C=O) groups is 1. The van der Waals surface area contributed by atoms with Gasteiger partial charge in [0.25, 0.3) is 0 Å². The van der Waals surface area contributed by atoms with Crippen molar-refractivity contribution in [1.82, 2.24) is 4.90 Å². The molecule has 5 nitrogen and oxygen atoms in total. The van der Waals surface area contributed by atoms with Crippen molar-refractivity contribution in [2.75, 3.05) is 13.1 Å². The Balaban J connectivity index is 1.85. The monoisotopic (exact) mass is 405 g/mol. The Morgan fingerprint density at radius 1 is 1.21 bits per heavy atom. The summed E-state index contributed by atoms with van der Waals surface area (Å²) < 4.78 is 32.1. The number of piperidine rings is 1. The Morgan fingerprint density at radius 2 is 1.83 bits per heavy atom. The minimum atomic E-state index is -0.562. The highest BCUT2D eigenvalue weighted by atomic mass is 19.1. The lowest BCUT2D eigenvalue weighted by molar-refractivity contribution is 0.00578. The fourth-order valence-electron chi connectivity index (χ4n) is 3.81. The quantitative estimate of drug-likeness (QED) is 0.691. The molecule has 7 heteroatoms. The summed E-state index contributed by atoms with van der Waals surface area (Å²) >= 11 is 0. The highest BCUT2D eigenvalue weighted by molar-refractivity contribution is 6.62. The minimum absolute atomic E-state index is 0.000919. The molecule has 1 atom stereocenters. The van der Waals surface area contributed by atoms with Gasteiger partial charge in [-0.2, -0.15) is 0 Å². The predicted molar refractivity (Wildman–Crippen MR) is 112 cm³/mol. The van der Waals surface area contributed by atoms with E-state index in [4.69, 9.17) is 14.0 Å². The first-order valence-corrected chi connectivity index (χ1v) is 10.4. The summed E-state index contributed by atoms with van der Waals surface area (Å²) in [5.41, 5.74) is 0.186. The molecular weight excluding hydrogens is 372 g/mol. The smallest absolute Gasteiger partial charge is 0.444 e. The molecule has 1 aromatic rings. The SMILES string of the molecule is CC(C)(C)OC(=O)N1CCCC(c2cc(F)ccc2B2OC(C)(C)C(C)(C)O2)C1. The second kappa shape index (κ2) is 7.58. The van der Waals surface area contributed by atoms with Crippen LogP contribution in [0.1, 0.15) is 72.8 Å². The summed E-state index contributed by atoms with van der Waals surface area (Å²) in [5, 5.41) is 0. The average Bonchev–Trinajstić information content (AvgIpc) is 2.81. The predicted octanol–water partition coefficient (Wildman–Crippen LogP) is 4.24. The zero-order valence-corrected chi connectivity index (χ0v) is 18.7. The number of rotatable bonds is 2. The van der Waals surface area contributed by atoms with Crippen LogP contribution in [0.2, 0.25) is 0 Å². The molecule has 1 aromatic carbocycles. The van der Waals surface area contributed by atoms with Crippen LogP contribution in [0.5, 0.6) is 0 Å². The first-order valence-electron chi connectivity index (χ1n) is 10.4. The minimum Gasteiger partial charge on any atom is -0.444 e. The molecule has 1 amide bonds. The first-order chi connectivity index (χ1) is 13.3. The standard InChI is InChI=1S/C22H33BFNO4/c1-20(2,3)27-19(26)25-12-8-9-15(14-25)17-13-16(24)10-11-18(17)23-28-21(4,5)22(6,7)29-23/h10-11,13,15H,8-9,12,14H2,1-7H3. The number of benzene rings is 1. The Kier molecular flexibility index (Phi) is 5.78. The molecule has 29 heavy (non-hydrogen) atoms. The number of halogens is 1. The fraction of sp³-hybridized carbons (Fsp3) is 0.682. The topological polar surface area (TPSA) is 48.0 Å². The van der Waals surface area contributed by atoms with E-state index in [9.17, 15) is 9.18 Å². The van der Waals surface area contributed by atoms with Crippen LogP contribution in [-0.4, -0.2) is 48.0 Å². The van der Waals surface area contributed by atoms with Crippen molar-refractivity contribution in [3.63, 3.8) is 0 Å². The number of hydrogen-bond acceptors (Lipinski definition) is 4. The van der Waals surface area contributed by atoms with E-state index in [2.05, 4.69) is 0 Å². The molecule has 2 fully saturated rings. The highest BCUT2D eigenvalue weighted by Crippen LogP contribution is 2.37. The van der Waals surface area contributed by atoms with E-state index in [0.717, 1.165) is 23.9 Å². The van der Waals surface area contributed by atoms with Crippen LogP contribution in [0, 0.1) is 5.82 Å². The lowest BCUT2D eigenvalue weighted by Gasteiger charge is -2.35. The molecule has 0 N–H and O–H groups in total. The van der Waals surface area contributed by atoms with Gasteiger partial charge in [-0.25, -0.2) is 9.18 Å². The normalized spacial score (nSPS) is 23.9. The van der Waals surface area contributed by atoms with Gasteiger partial charge in [0.05, 0.1) is 11.2 Å². The Morgan fingerprint density at radius 3 is 2.41 bits per heavy atom. The zero-order chi connectivity index (χ0) is 21.6. The summed E-state index contributed by atoms with van der Waals surface area (Å²) in [6, 6.07) is 4.75. The van der Waals surface area contributed by atoms with Gasteiger partial charge in [-0.05, 0) is 84.5 Å². The maximum Gasteiger partial charge on any atom is 0.495 e. The molecule has 3 rings (SSSR count). The highest BCUT2D eigenvalue weighted by Gasteiger charge is 2.52. The molecule has 2 aliphatic rings. The third kappa shape index (κ3) is 4.77. The summed E-state index contributed by atoms with van der Waals surface area (Å²) in [5.74, 6) is -0.296. The van der Waals surface area contributed by atoms with Crippen molar-refractivity contribution >= 4 is 18.7 Å². The largest absolute Gasteiger partial charge is 0.495 e. The summed E-state index contributed by atoms with van der Waals surface area (Å²) in [6.07, 6.45) is 1.38. The summed E-state index contributed by atoms with van der Waals surface area (Å²) in [6.45, 7) is 14.7. The van der Waals surface area contributed by atoms with Crippen molar-refractivity contribution in [3.8, 4) is 0 Å². The number of ether oxygens (including phenoxy) is 1. The third-order valence-electron chi connectivity index (χ3n) is 6.07. The van der Waals surface area contributed by atoms with Gasteiger partial charge < -0.3 is 18.9 Å². The van der Waals surface area contributed by atoms with Crippen LogP contribution in [0.3, 0.4) is 0 Å². The zero-order valence-electron chi connectivity index (χ0n) is 18.7. The number of carbonyl (C=O) groups excluding carboxylic acids is 1. The van der Waals surface area contributed by atoms with Gasteiger partial charge in [0, 0.05) is 19.0 Å². The van der Waals surface area contributed by atoms with Gasteiger partial charge >= 0.3 is 13.2 Å². The van der Waals surface area contributed by atoms with E-state index in [1.807, 2.05) is 48.5 Å². The maximum atomic E-state index is 14.2. The number of hydrogen-bond donors (Lipinski definition) is 0. The molecule has 0 bridgehead atoms. The lowest BCUT2D eigenvalue weighted by atomic mass is 9.71. The first kappa shape index (κ1) is 22.1. The number of nitrogens with zero attached hydrogens (tertiary/aromatic N) is 1. The Labute approximate surface area is 174 Å². The van der Waals surface area contributed by atoms with Crippen molar-refractivity contribution in [3.05, 3.63) is 29.6 Å². The molecule has 0 aliphatic carbocycles. The van der Waals surface area contributed by atoms with Crippen LogP contribution >= 0.6 is 0 Å². The molecule has 2 heterocycles. The van der Waals surface area contributed by atoms with Crippen LogP contribution in [-0.2, 0) is 14.0 Å². The van der Waals surface area contributed by atoms with Crippen LogP contribution < -0.4 is 5.46 Å². The second-order valence-corrected chi connectivity index (χ2v) is 10.1. The van der Waals surface area contributed by atoms with Crippen molar-refractivity contribution < 1.29 is 23.2 Å². The van der Waals surface area contributed by atoms with Crippen LogP contribution in [0.4, 0.5) is 9.18 Å². The van der Waals surface area contributed by atoms with E-state index in [-0.39, 0.29) is 17.8 Å². The molecule has 0 spiro atoms. The van der Waals surface area contributed by atoms with Crippen molar-refractivity contribution in [1.29, 1.82) is 0 Å². The van der Waals surface area contributed by atoms with Gasteiger partial charge in [0.2, 0.25) is 0 Å². The van der Waals surface area contributed by atoms with E-state index in [0.29, 0.717) is 13.1 Å². The molecule has 1 unspecified atom stereocenters. The summed E-state index contributed by atoms with van der Waals surface area (Å²) in [7, 11) is -0.562. The van der Waals surface area contributed by atoms with E-state index < -0.39 is 23.9 Å². The molecule has 0 saturated carbocycles. The lowest BCUT2D eigenvalue weighted by Crippen LogP contribution is -2.44. The van der Waals surface area contributed by atoms with Gasteiger partial charge in [0.1, 0.15) is 11.4 Å². The number of amides is 1. The Hall–Kier alpha value is -1.60.